The highest BCUT2D eigenvalue weighted by molar-refractivity contribution is 5.74. The zero-order valence-corrected chi connectivity index (χ0v) is 10.4. The zero-order valence-electron chi connectivity index (χ0n) is 10.4. The standard InChI is InChI=1S/C13H19N3O/c1-9-11(6-7-13(14)15-9)12-5-3-4-8-16(12)10(2)17/h6-7,12H,3-5,8H2,1-2H3,(H2,14,15)/t12-/m1/s1. The van der Waals surface area contributed by atoms with Crippen LogP contribution >= 0.6 is 0 Å². The molecule has 0 aliphatic carbocycles. The van der Waals surface area contributed by atoms with Crippen LogP contribution < -0.4 is 5.73 Å². The quantitative estimate of drug-likeness (QED) is 0.807. The average Bonchev–Trinajstić information content (AvgIpc) is 2.29. The molecule has 0 radical (unpaired) electrons. The summed E-state index contributed by atoms with van der Waals surface area (Å²) < 4.78 is 0. The van der Waals surface area contributed by atoms with Gasteiger partial charge in [-0.25, -0.2) is 4.98 Å². The number of aryl methyl sites for hydroxylation is 1. The van der Waals surface area contributed by atoms with E-state index in [2.05, 4.69) is 4.98 Å². The Morgan fingerprint density at radius 3 is 2.88 bits per heavy atom. The summed E-state index contributed by atoms with van der Waals surface area (Å²) in [5.41, 5.74) is 7.73. The van der Waals surface area contributed by atoms with Gasteiger partial charge in [0.15, 0.2) is 0 Å². The molecule has 0 saturated carbocycles. The number of hydrogen-bond donors (Lipinski definition) is 1. The number of rotatable bonds is 1. The monoisotopic (exact) mass is 233 g/mol. The lowest BCUT2D eigenvalue weighted by Gasteiger charge is -2.35. The molecule has 0 spiro atoms. The maximum atomic E-state index is 11.6. The van der Waals surface area contributed by atoms with E-state index in [0.29, 0.717) is 5.82 Å². The highest BCUT2D eigenvalue weighted by atomic mass is 16.2. The molecule has 0 aromatic carbocycles. The lowest BCUT2D eigenvalue weighted by atomic mass is 9.94. The number of carbonyl (C=O) groups is 1. The van der Waals surface area contributed by atoms with Crippen molar-refractivity contribution in [1.29, 1.82) is 0 Å². The number of nitrogens with zero attached hydrogens (tertiary/aromatic N) is 2. The van der Waals surface area contributed by atoms with Gasteiger partial charge in [0.25, 0.3) is 0 Å². The lowest BCUT2D eigenvalue weighted by molar-refractivity contribution is -0.132. The van der Waals surface area contributed by atoms with Crippen LogP contribution in [0.25, 0.3) is 0 Å². The van der Waals surface area contributed by atoms with Crippen molar-refractivity contribution in [2.75, 3.05) is 12.3 Å². The first kappa shape index (κ1) is 11.9. The molecule has 4 nitrogen and oxygen atoms in total. The molecule has 17 heavy (non-hydrogen) atoms. The molecular weight excluding hydrogens is 214 g/mol. The van der Waals surface area contributed by atoms with E-state index in [0.717, 1.165) is 37.1 Å². The Morgan fingerprint density at radius 1 is 1.47 bits per heavy atom. The SMILES string of the molecule is CC(=O)N1CCCC[C@@H]1c1ccc(N)nc1C. The number of nitrogens with two attached hydrogens (primary N) is 1. The van der Waals surface area contributed by atoms with E-state index in [1.807, 2.05) is 24.0 Å². The molecule has 2 rings (SSSR count). The van der Waals surface area contributed by atoms with Crippen molar-refractivity contribution in [1.82, 2.24) is 9.88 Å². The van der Waals surface area contributed by atoms with E-state index in [4.69, 9.17) is 5.73 Å². The number of pyridine rings is 1. The molecule has 1 saturated heterocycles. The highest BCUT2D eigenvalue weighted by Gasteiger charge is 2.27. The summed E-state index contributed by atoms with van der Waals surface area (Å²) in [7, 11) is 0. The topological polar surface area (TPSA) is 59.2 Å². The van der Waals surface area contributed by atoms with Crippen LogP contribution in [-0.2, 0) is 4.79 Å². The van der Waals surface area contributed by atoms with E-state index < -0.39 is 0 Å². The smallest absolute Gasteiger partial charge is 0.219 e. The second-order valence-electron chi connectivity index (χ2n) is 4.63. The van der Waals surface area contributed by atoms with Crippen molar-refractivity contribution in [3.63, 3.8) is 0 Å². The number of hydrogen-bond acceptors (Lipinski definition) is 3. The number of nitrogen functional groups attached to an aromatic ring is 1. The first-order chi connectivity index (χ1) is 8.09. The van der Waals surface area contributed by atoms with Gasteiger partial charge in [-0.15, -0.1) is 0 Å². The first-order valence-corrected chi connectivity index (χ1v) is 6.10. The van der Waals surface area contributed by atoms with Gasteiger partial charge in [-0.05, 0) is 37.8 Å². The minimum absolute atomic E-state index is 0.144. The fourth-order valence-electron chi connectivity index (χ4n) is 2.58. The first-order valence-electron chi connectivity index (χ1n) is 6.10. The molecule has 0 bridgehead atoms. The number of piperidine rings is 1. The third-order valence-corrected chi connectivity index (χ3v) is 3.41. The number of carbonyl (C=O) groups excluding carboxylic acids is 1. The van der Waals surface area contributed by atoms with Crippen molar-refractivity contribution < 1.29 is 4.79 Å². The summed E-state index contributed by atoms with van der Waals surface area (Å²) >= 11 is 0. The fourth-order valence-corrected chi connectivity index (χ4v) is 2.58. The van der Waals surface area contributed by atoms with Gasteiger partial charge in [0.05, 0.1) is 6.04 Å². The molecule has 1 fully saturated rings. The summed E-state index contributed by atoms with van der Waals surface area (Å²) in [6.45, 7) is 4.45. The Bertz CT molecular complexity index is 431. The van der Waals surface area contributed by atoms with Crippen LogP contribution in [0.3, 0.4) is 0 Å². The van der Waals surface area contributed by atoms with Crippen molar-refractivity contribution in [3.05, 3.63) is 23.4 Å². The van der Waals surface area contributed by atoms with Crippen LogP contribution in [0, 0.1) is 6.92 Å². The molecule has 1 aliphatic heterocycles. The predicted octanol–water partition coefficient (Wildman–Crippen LogP) is 2.05. The number of amides is 1. The third kappa shape index (κ3) is 2.40. The molecule has 0 unspecified atom stereocenters. The summed E-state index contributed by atoms with van der Waals surface area (Å²) in [5, 5.41) is 0. The molecule has 1 aromatic rings. The molecule has 2 N–H and O–H groups in total. The van der Waals surface area contributed by atoms with E-state index in [9.17, 15) is 4.79 Å². The maximum absolute atomic E-state index is 11.6. The van der Waals surface area contributed by atoms with E-state index >= 15 is 0 Å². The summed E-state index contributed by atoms with van der Waals surface area (Å²) in [5.74, 6) is 0.683. The van der Waals surface area contributed by atoms with Crippen LogP contribution in [0.4, 0.5) is 5.82 Å². The van der Waals surface area contributed by atoms with Gasteiger partial charge in [-0.1, -0.05) is 6.07 Å². The van der Waals surface area contributed by atoms with Crippen LogP contribution in [0.2, 0.25) is 0 Å². The van der Waals surface area contributed by atoms with E-state index in [1.165, 1.54) is 0 Å². The molecule has 1 aliphatic rings. The van der Waals surface area contributed by atoms with Crippen LogP contribution in [-0.4, -0.2) is 22.3 Å². The average molecular weight is 233 g/mol. The minimum atomic E-state index is 0.144. The number of aromatic nitrogens is 1. The summed E-state index contributed by atoms with van der Waals surface area (Å²) in [6.07, 6.45) is 3.28. The summed E-state index contributed by atoms with van der Waals surface area (Å²) in [4.78, 5) is 17.9. The van der Waals surface area contributed by atoms with Crippen molar-refractivity contribution in [3.8, 4) is 0 Å². The summed E-state index contributed by atoms with van der Waals surface area (Å²) in [6, 6.07) is 3.99. The number of likely N-dealkylation sites (tertiary alicyclic amines) is 1. The zero-order chi connectivity index (χ0) is 12.4. The van der Waals surface area contributed by atoms with Crippen LogP contribution in [0.1, 0.15) is 43.5 Å². The van der Waals surface area contributed by atoms with Crippen molar-refractivity contribution in [2.45, 2.75) is 39.2 Å². The van der Waals surface area contributed by atoms with Gasteiger partial charge < -0.3 is 10.6 Å². The lowest BCUT2D eigenvalue weighted by Crippen LogP contribution is -2.37. The molecular formula is C13H19N3O. The molecule has 1 aromatic heterocycles. The Morgan fingerprint density at radius 2 is 2.24 bits per heavy atom. The van der Waals surface area contributed by atoms with Crippen LogP contribution in [0.15, 0.2) is 12.1 Å². The Kier molecular flexibility index (Phi) is 3.31. The van der Waals surface area contributed by atoms with Gasteiger partial charge in [-0.2, -0.15) is 0 Å². The molecule has 4 heteroatoms. The van der Waals surface area contributed by atoms with Crippen molar-refractivity contribution >= 4 is 11.7 Å². The third-order valence-electron chi connectivity index (χ3n) is 3.41. The molecule has 2 heterocycles. The fraction of sp³-hybridized carbons (Fsp3) is 0.538. The molecule has 92 valence electrons. The van der Waals surface area contributed by atoms with E-state index in [1.54, 1.807) is 6.92 Å². The molecule has 1 atom stereocenters. The second-order valence-corrected chi connectivity index (χ2v) is 4.63. The number of anilines is 1. The molecule has 1 amide bonds. The second kappa shape index (κ2) is 4.73. The van der Waals surface area contributed by atoms with Crippen LogP contribution in [0.5, 0.6) is 0 Å². The van der Waals surface area contributed by atoms with E-state index in [-0.39, 0.29) is 11.9 Å². The van der Waals surface area contributed by atoms with Gasteiger partial charge in [0, 0.05) is 19.2 Å². The van der Waals surface area contributed by atoms with Gasteiger partial charge in [0.1, 0.15) is 5.82 Å². The largest absolute Gasteiger partial charge is 0.384 e. The Labute approximate surface area is 102 Å². The van der Waals surface area contributed by atoms with Gasteiger partial charge in [-0.3, -0.25) is 4.79 Å². The highest BCUT2D eigenvalue weighted by Crippen LogP contribution is 2.32. The van der Waals surface area contributed by atoms with Gasteiger partial charge >= 0.3 is 0 Å². The minimum Gasteiger partial charge on any atom is -0.384 e. The van der Waals surface area contributed by atoms with Crippen molar-refractivity contribution in [2.24, 2.45) is 0 Å². The predicted molar refractivity (Wildman–Crippen MR) is 67.4 cm³/mol. The van der Waals surface area contributed by atoms with Gasteiger partial charge in [0.2, 0.25) is 5.91 Å². The maximum Gasteiger partial charge on any atom is 0.219 e. The normalized spacial score (nSPS) is 20.4. The Hall–Kier alpha value is -1.58. The Balaban J connectivity index is 2.32.